The van der Waals surface area contributed by atoms with E-state index in [9.17, 15) is 4.39 Å². The molecule has 0 aliphatic carbocycles. The van der Waals surface area contributed by atoms with E-state index < -0.39 is 0 Å². The molecule has 0 bridgehead atoms. The normalized spacial score (nSPS) is 10.0. The van der Waals surface area contributed by atoms with Crippen LogP contribution in [0.25, 0.3) is 0 Å². The van der Waals surface area contributed by atoms with Crippen LogP contribution in [0.15, 0.2) is 24.3 Å². The lowest BCUT2D eigenvalue weighted by Crippen LogP contribution is -1.83. The molecule has 11 heavy (non-hydrogen) atoms. The first-order valence-electron chi connectivity index (χ1n) is 3.47. The first-order valence-corrected chi connectivity index (χ1v) is 4.55. The lowest BCUT2D eigenvalue weighted by atomic mass is 10.1. The van der Waals surface area contributed by atoms with Gasteiger partial charge in [0.05, 0.1) is 6.67 Å². The van der Waals surface area contributed by atoms with Gasteiger partial charge in [0.2, 0.25) is 0 Å². The van der Waals surface area contributed by atoms with E-state index in [4.69, 9.17) is 0 Å². The Bertz CT molecular complexity index is 205. The number of benzene rings is 1. The van der Waals surface area contributed by atoms with Crippen molar-refractivity contribution >= 4 is 22.6 Å². The summed E-state index contributed by atoms with van der Waals surface area (Å²) < 4.78 is 12.9. The van der Waals surface area contributed by atoms with Crippen LogP contribution in [0, 0.1) is 9.99 Å². The highest BCUT2D eigenvalue weighted by molar-refractivity contribution is 14.1. The average Bonchev–Trinajstić information content (AvgIpc) is 2.04. The lowest BCUT2D eigenvalue weighted by molar-refractivity contribution is 0.494. The predicted octanol–water partition coefficient (Wildman–Crippen LogP) is 3.20. The maximum Gasteiger partial charge on any atom is 0.0900 e. The van der Waals surface area contributed by atoms with Crippen LogP contribution in [0.3, 0.4) is 0 Å². The fraction of sp³-hybridized carbons (Fsp3) is 0.222. The van der Waals surface area contributed by atoms with E-state index in [0.29, 0.717) is 6.42 Å². The van der Waals surface area contributed by atoms with E-state index in [1.165, 1.54) is 3.57 Å². The summed E-state index contributed by atoms with van der Waals surface area (Å²) >= 11 is 2.25. The number of hydrogen-bond acceptors (Lipinski definition) is 0. The Labute approximate surface area is 80.0 Å². The zero-order valence-electron chi connectivity index (χ0n) is 6.06. The molecular formula is C9H9FI. The largest absolute Gasteiger partial charge is 0.251 e. The summed E-state index contributed by atoms with van der Waals surface area (Å²) in [5.41, 5.74) is 1.10. The minimum atomic E-state index is -0.272. The molecule has 0 saturated heterocycles. The third-order valence-corrected chi connectivity index (χ3v) is 2.08. The van der Waals surface area contributed by atoms with Crippen molar-refractivity contribution in [3.05, 3.63) is 39.8 Å². The van der Waals surface area contributed by atoms with Crippen LogP contribution in [0.4, 0.5) is 4.39 Å². The fourth-order valence-corrected chi connectivity index (χ4v) is 1.18. The van der Waals surface area contributed by atoms with Crippen LogP contribution < -0.4 is 0 Å². The number of rotatable bonds is 3. The second-order valence-corrected chi connectivity index (χ2v) is 3.48. The van der Waals surface area contributed by atoms with Gasteiger partial charge in [-0.05, 0) is 53.1 Å². The molecule has 0 unspecified atom stereocenters. The summed E-state index contributed by atoms with van der Waals surface area (Å²) in [6.45, 7) is -0.272. The predicted molar refractivity (Wildman–Crippen MR) is 53.2 cm³/mol. The molecule has 1 radical (unpaired) electrons. The summed E-state index contributed by atoms with van der Waals surface area (Å²) in [6, 6.07) is 8.03. The van der Waals surface area contributed by atoms with Crippen molar-refractivity contribution in [2.24, 2.45) is 0 Å². The topological polar surface area (TPSA) is 0 Å². The van der Waals surface area contributed by atoms with E-state index in [2.05, 4.69) is 22.6 Å². The van der Waals surface area contributed by atoms with Gasteiger partial charge in [0.1, 0.15) is 0 Å². The van der Waals surface area contributed by atoms with Gasteiger partial charge < -0.3 is 0 Å². The fourth-order valence-electron chi connectivity index (χ4n) is 0.820. The summed E-state index contributed by atoms with van der Waals surface area (Å²) in [6.07, 6.45) is 2.41. The van der Waals surface area contributed by atoms with Crippen LogP contribution in [0.1, 0.15) is 12.0 Å². The maximum absolute atomic E-state index is 11.7. The van der Waals surface area contributed by atoms with Crippen LogP contribution in [-0.4, -0.2) is 6.67 Å². The molecule has 0 spiro atoms. The number of hydrogen-bond donors (Lipinski definition) is 0. The Morgan fingerprint density at radius 1 is 1.27 bits per heavy atom. The highest BCUT2D eigenvalue weighted by atomic mass is 127. The zero-order chi connectivity index (χ0) is 8.10. The monoisotopic (exact) mass is 263 g/mol. The van der Waals surface area contributed by atoms with Crippen molar-refractivity contribution in [2.45, 2.75) is 6.42 Å². The van der Waals surface area contributed by atoms with E-state index in [-0.39, 0.29) is 6.67 Å². The summed E-state index contributed by atoms with van der Waals surface area (Å²) in [5, 5.41) is 0. The van der Waals surface area contributed by atoms with Gasteiger partial charge in [-0.2, -0.15) is 0 Å². The second kappa shape index (κ2) is 4.70. The molecular weight excluding hydrogens is 254 g/mol. The Balaban J connectivity index is 2.52. The van der Waals surface area contributed by atoms with Gasteiger partial charge in [0.25, 0.3) is 0 Å². The lowest BCUT2D eigenvalue weighted by Gasteiger charge is -1.97. The Morgan fingerprint density at radius 2 is 1.91 bits per heavy atom. The number of halogens is 2. The molecule has 1 aromatic rings. The van der Waals surface area contributed by atoms with Crippen molar-refractivity contribution < 1.29 is 4.39 Å². The zero-order valence-corrected chi connectivity index (χ0v) is 8.21. The van der Waals surface area contributed by atoms with Crippen LogP contribution in [0.5, 0.6) is 0 Å². The maximum atomic E-state index is 11.7. The summed E-state index contributed by atoms with van der Waals surface area (Å²) in [7, 11) is 0. The van der Waals surface area contributed by atoms with E-state index in [0.717, 1.165) is 5.56 Å². The van der Waals surface area contributed by atoms with Gasteiger partial charge in [0.15, 0.2) is 0 Å². The molecule has 1 aromatic carbocycles. The summed E-state index contributed by atoms with van der Waals surface area (Å²) in [5.74, 6) is 0. The van der Waals surface area contributed by atoms with Crippen LogP contribution in [0.2, 0.25) is 0 Å². The van der Waals surface area contributed by atoms with Crippen molar-refractivity contribution in [3.63, 3.8) is 0 Å². The van der Waals surface area contributed by atoms with Gasteiger partial charge in [-0.15, -0.1) is 0 Å². The molecule has 0 heterocycles. The molecule has 0 aliphatic rings. The number of alkyl halides is 1. The van der Waals surface area contributed by atoms with Crippen molar-refractivity contribution in [1.29, 1.82) is 0 Å². The van der Waals surface area contributed by atoms with Gasteiger partial charge in [-0.25, -0.2) is 0 Å². The van der Waals surface area contributed by atoms with Gasteiger partial charge >= 0.3 is 0 Å². The summed E-state index contributed by atoms with van der Waals surface area (Å²) in [4.78, 5) is 0. The quantitative estimate of drug-likeness (QED) is 0.734. The molecule has 0 atom stereocenters. The third kappa shape index (κ3) is 3.18. The highest BCUT2D eigenvalue weighted by Gasteiger charge is 1.92. The van der Waals surface area contributed by atoms with Crippen molar-refractivity contribution in [2.75, 3.05) is 6.67 Å². The minimum absolute atomic E-state index is 0.272. The second-order valence-electron chi connectivity index (χ2n) is 2.23. The molecule has 0 N–H and O–H groups in total. The first-order chi connectivity index (χ1) is 5.33. The molecule has 0 nitrogen and oxygen atoms in total. The van der Waals surface area contributed by atoms with Gasteiger partial charge in [0, 0.05) is 3.57 Å². The molecule has 1 rings (SSSR count). The molecule has 0 amide bonds. The SMILES string of the molecule is FCC[CH]c1ccc(I)cc1. The third-order valence-electron chi connectivity index (χ3n) is 1.36. The first kappa shape index (κ1) is 8.97. The molecule has 0 aliphatic heterocycles. The van der Waals surface area contributed by atoms with E-state index in [1.54, 1.807) is 0 Å². The molecule has 0 aromatic heterocycles. The van der Waals surface area contributed by atoms with Gasteiger partial charge in [-0.1, -0.05) is 12.1 Å². The van der Waals surface area contributed by atoms with Crippen molar-refractivity contribution in [1.82, 2.24) is 0 Å². The van der Waals surface area contributed by atoms with E-state index >= 15 is 0 Å². The molecule has 0 fully saturated rings. The average molecular weight is 263 g/mol. The standard InChI is InChI=1S/C9H9FI/c10-7-1-2-8-3-5-9(11)6-4-8/h2-6H,1,7H2. The van der Waals surface area contributed by atoms with Gasteiger partial charge in [-0.3, -0.25) is 4.39 Å². The Kier molecular flexibility index (Phi) is 3.83. The molecule has 59 valence electrons. The Morgan fingerprint density at radius 3 is 2.45 bits per heavy atom. The smallest absolute Gasteiger partial charge is 0.0900 e. The Hall–Kier alpha value is -0.120. The minimum Gasteiger partial charge on any atom is -0.251 e. The van der Waals surface area contributed by atoms with E-state index in [1.807, 2.05) is 30.7 Å². The van der Waals surface area contributed by atoms with Crippen LogP contribution >= 0.6 is 22.6 Å². The van der Waals surface area contributed by atoms with Crippen LogP contribution in [-0.2, 0) is 0 Å². The van der Waals surface area contributed by atoms with Crippen molar-refractivity contribution in [3.8, 4) is 0 Å². The highest BCUT2D eigenvalue weighted by Crippen LogP contribution is 2.09. The molecule has 2 heteroatoms. The molecule has 0 saturated carbocycles.